The van der Waals surface area contributed by atoms with Gasteiger partial charge in [-0.3, -0.25) is 4.79 Å². The van der Waals surface area contributed by atoms with E-state index in [9.17, 15) is 4.79 Å². The van der Waals surface area contributed by atoms with Gasteiger partial charge in [0.1, 0.15) is 0 Å². The summed E-state index contributed by atoms with van der Waals surface area (Å²) in [6, 6.07) is 0.0936. The molecular weight excluding hydrogens is 250 g/mol. The average Bonchev–Trinajstić information content (AvgIpc) is 2.40. The molecule has 20 heavy (non-hydrogen) atoms. The van der Waals surface area contributed by atoms with E-state index in [1.165, 1.54) is 0 Å². The summed E-state index contributed by atoms with van der Waals surface area (Å²) in [7, 11) is 0. The van der Waals surface area contributed by atoms with Crippen LogP contribution in [0.5, 0.6) is 0 Å². The molecule has 0 radical (unpaired) electrons. The fraction of sp³-hybridized carbons (Fsp3) is 0.588. The van der Waals surface area contributed by atoms with Gasteiger partial charge in [-0.15, -0.1) is 0 Å². The molecule has 1 aliphatic rings. The van der Waals surface area contributed by atoms with Crippen LogP contribution < -0.4 is 5.32 Å². The van der Waals surface area contributed by atoms with Crippen LogP contribution in [0, 0.1) is 0 Å². The summed E-state index contributed by atoms with van der Waals surface area (Å²) in [5.41, 5.74) is 0. The molecule has 0 amide bonds. The van der Waals surface area contributed by atoms with Gasteiger partial charge in [0.15, 0.2) is 0 Å². The fourth-order valence-electron chi connectivity index (χ4n) is 2.26. The number of carbonyl (C=O) groups is 1. The zero-order valence-electron chi connectivity index (χ0n) is 12.3. The molecule has 1 heterocycles. The van der Waals surface area contributed by atoms with Crippen molar-refractivity contribution in [1.82, 2.24) is 5.32 Å². The number of nitrogens with one attached hydrogen (secondary N) is 1. The van der Waals surface area contributed by atoms with Gasteiger partial charge in [-0.2, -0.15) is 0 Å². The minimum Gasteiger partial charge on any atom is -0.481 e. The Morgan fingerprint density at radius 1 is 1.00 bits per heavy atom. The monoisotopic (exact) mass is 277 g/mol. The van der Waals surface area contributed by atoms with Crippen molar-refractivity contribution in [3.05, 3.63) is 36.5 Å². The van der Waals surface area contributed by atoms with Gasteiger partial charge in [-0.25, -0.2) is 0 Å². The zero-order valence-corrected chi connectivity index (χ0v) is 12.3. The Balaban J connectivity index is 2.43. The summed E-state index contributed by atoms with van der Waals surface area (Å²) in [4.78, 5) is 10.9. The molecule has 3 nitrogen and oxygen atoms in total. The van der Waals surface area contributed by atoms with Crippen molar-refractivity contribution in [2.24, 2.45) is 0 Å². The van der Waals surface area contributed by atoms with Crippen molar-refractivity contribution >= 4 is 5.97 Å². The molecule has 1 unspecified atom stereocenters. The number of aliphatic carboxylic acids is 1. The molecule has 0 saturated heterocycles. The summed E-state index contributed by atoms with van der Waals surface area (Å²) in [6.07, 6.45) is 20.6. The number of rotatable bonds is 2. The van der Waals surface area contributed by atoms with Gasteiger partial charge >= 0.3 is 5.97 Å². The van der Waals surface area contributed by atoms with Crippen molar-refractivity contribution in [3.8, 4) is 0 Å². The zero-order chi connectivity index (χ0) is 14.5. The summed E-state index contributed by atoms with van der Waals surface area (Å²) < 4.78 is 0. The van der Waals surface area contributed by atoms with Gasteiger partial charge in [0.05, 0.1) is 6.42 Å². The van der Waals surface area contributed by atoms with E-state index in [-0.39, 0.29) is 12.5 Å². The molecule has 0 aromatic heterocycles. The summed E-state index contributed by atoms with van der Waals surface area (Å²) in [6.45, 7) is 0.912. The fourth-order valence-corrected chi connectivity index (χ4v) is 2.26. The van der Waals surface area contributed by atoms with Crippen LogP contribution in [-0.4, -0.2) is 23.7 Å². The molecule has 0 spiro atoms. The minimum atomic E-state index is -0.716. The van der Waals surface area contributed by atoms with Gasteiger partial charge < -0.3 is 10.4 Å². The Kier molecular flexibility index (Phi) is 9.58. The molecule has 2 N–H and O–H groups in total. The maximum atomic E-state index is 10.9. The third kappa shape index (κ3) is 9.56. The molecule has 0 saturated carbocycles. The highest BCUT2D eigenvalue weighted by molar-refractivity contribution is 5.67. The van der Waals surface area contributed by atoms with Crippen LogP contribution in [0.2, 0.25) is 0 Å². The van der Waals surface area contributed by atoms with E-state index >= 15 is 0 Å². The lowest BCUT2D eigenvalue weighted by atomic mass is 10.1. The highest BCUT2D eigenvalue weighted by Crippen LogP contribution is 2.06. The lowest BCUT2D eigenvalue weighted by Crippen LogP contribution is -2.32. The second-order valence-corrected chi connectivity index (χ2v) is 5.21. The first-order chi connectivity index (χ1) is 9.79. The third-order valence-corrected chi connectivity index (χ3v) is 3.38. The quantitative estimate of drug-likeness (QED) is 0.754. The van der Waals surface area contributed by atoms with Gasteiger partial charge in [0, 0.05) is 6.04 Å². The topological polar surface area (TPSA) is 49.3 Å². The second kappa shape index (κ2) is 11.5. The van der Waals surface area contributed by atoms with Gasteiger partial charge in [-0.05, 0) is 51.5 Å². The Morgan fingerprint density at radius 2 is 1.65 bits per heavy atom. The Bertz CT molecular complexity index is 345. The van der Waals surface area contributed by atoms with Gasteiger partial charge in [-0.1, -0.05) is 36.5 Å². The van der Waals surface area contributed by atoms with Crippen LogP contribution in [0.25, 0.3) is 0 Å². The number of hydrogen-bond acceptors (Lipinski definition) is 2. The third-order valence-electron chi connectivity index (χ3n) is 3.38. The maximum Gasteiger partial charge on any atom is 0.304 e. The van der Waals surface area contributed by atoms with Crippen molar-refractivity contribution in [1.29, 1.82) is 0 Å². The lowest BCUT2D eigenvalue weighted by molar-refractivity contribution is -0.137. The predicted molar refractivity (Wildman–Crippen MR) is 83.8 cm³/mol. The molecule has 112 valence electrons. The van der Waals surface area contributed by atoms with Crippen molar-refractivity contribution in [2.45, 2.75) is 57.4 Å². The molecule has 0 aromatic carbocycles. The van der Waals surface area contributed by atoms with Gasteiger partial charge in [0.25, 0.3) is 0 Å². The molecule has 1 atom stereocenters. The Labute approximate surface area is 122 Å². The standard InChI is InChI=1S/C17H27NO2/c19-17(20)15-16-13-11-9-7-5-3-1-2-4-6-8-10-12-14-18-16/h1,3-4,6-7,9,16,18H,2,5,8,10-15H2,(H,19,20)/b3-1-,6-4-,9-7-. The second-order valence-electron chi connectivity index (χ2n) is 5.21. The lowest BCUT2D eigenvalue weighted by Gasteiger charge is -2.16. The molecule has 1 aliphatic heterocycles. The highest BCUT2D eigenvalue weighted by Gasteiger charge is 2.11. The molecule has 1 rings (SSSR count). The summed E-state index contributed by atoms with van der Waals surface area (Å²) >= 11 is 0. The van der Waals surface area contributed by atoms with E-state index in [0.29, 0.717) is 0 Å². The number of carboxylic acid groups (broad SMARTS) is 1. The van der Waals surface area contributed by atoms with E-state index in [1.807, 2.05) is 0 Å². The molecule has 0 fully saturated rings. The first kappa shape index (κ1) is 16.7. The predicted octanol–water partition coefficient (Wildman–Crippen LogP) is 3.83. The summed E-state index contributed by atoms with van der Waals surface area (Å²) in [5, 5.41) is 12.3. The van der Waals surface area contributed by atoms with E-state index in [4.69, 9.17) is 5.11 Å². The normalized spacial score (nSPS) is 27.5. The van der Waals surface area contributed by atoms with Gasteiger partial charge in [0.2, 0.25) is 0 Å². The van der Waals surface area contributed by atoms with Crippen LogP contribution in [-0.2, 0) is 4.79 Å². The summed E-state index contributed by atoms with van der Waals surface area (Å²) in [5.74, 6) is -0.716. The number of allylic oxidation sites excluding steroid dienone is 6. The molecule has 3 heteroatoms. The highest BCUT2D eigenvalue weighted by atomic mass is 16.4. The van der Waals surface area contributed by atoms with Crippen LogP contribution in [0.1, 0.15) is 51.4 Å². The van der Waals surface area contributed by atoms with Crippen LogP contribution in [0.4, 0.5) is 0 Å². The smallest absolute Gasteiger partial charge is 0.304 e. The SMILES string of the molecule is O=C(O)CC1CC/C=C\C/C=C\C/C=C\CCCCN1. The first-order valence-corrected chi connectivity index (χ1v) is 7.69. The van der Waals surface area contributed by atoms with Crippen LogP contribution >= 0.6 is 0 Å². The number of hydrogen-bond donors (Lipinski definition) is 2. The Hall–Kier alpha value is -1.35. The van der Waals surface area contributed by atoms with Crippen molar-refractivity contribution in [3.63, 3.8) is 0 Å². The maximum absolute atomic E-state index is 10.9. The molecule has 0 bridgehead atoms. The molecule has 0 aromatic rings. The van der Waals surface area contributed by atoms with Crippen molar-refractivity contribution < 1.29 is 9.90 Å². The van der Waals surface area contributed by atoms with E-state index in [1.54, 1.807) is 0 Å². The van der Waals surface area contributed by atoms with E-state index < -0.39 is 5.97 Å². The average molecular weight is 277 g/mol. The minimum absolute atomic E-state index is 0.0936. The van der Waals surface area contributed by atoms with Crippen molar-refractivity contribution in [2.75, 3.05) is 6.54 Å². The number of carboxylic acids is 1. The van der Waals surface area contributed by atoms with Crippen LogP contribution in [0.3, 0.4) is 0 Å². The molecular formula is C17H27NO2. The van der Waals surface area contributed by atoms with E-state index in [2.05, 4.69) is 41.8 Å². The first-order valence-electron chi connectivity index (χ1n) is 7.69. The largest absolute Gasteiger partial charge is 0.481 e. The molecule has 0 aliphatic carbocycles. The van der Waals surface area contributed by atoms with Crippen LogP contribution in [0.15, 0.2) is 36.5 Å². The Morgan fingerprint density at radius 3 is 2.35 bits per heavy atom. The van der Waals surface area contributed by atoms with E-state index in [0.717, 1.165) is 51.5 Å².